The van der Waals surface area contributed by atoms with Crippen molar-refractivity contribution in [1.82, 2.24) is 0 Å². The first-order chi connectivity index (χ1) is 10.2. The summed E-state index contributed by atoms with van der Waals surface area (Å²) in [5.41, 5.74) is 0. The highest BCUT2D eigenvalue weighted by atomic mass is 31.2. The van der Waals surface area contributed by atoms with Crippen LogP contribution < -0.4 is 14.7 Å². The number of phosphoric acid groups is 1. The van der Waals surface area contributed by atoms with Gasteiger partial charge in [-0.1, -0.05) is 53.4 Å². The Bertz CT molecular complexity index is 243. The van der Waals surface area contributed by atoms with Gasteiger partial charge in [0.15, 0.2) is 0 Å². The highest BCUT2D eigenvalue weighted by Gasteiger charge is 2.34. The second kappa shape index (κ2) is 15.1. The molecule has 136 valence electrons. The Morgan fingerprint density at radius 1 is 0.682 bits per heavy atom. The molecule has 0 heterocycles. The highest BCUT2D eigenvalue weighted by Crippen LogP contribution is 2.61. The van der Waals surface area contributed by atoms with Crippen LogP contribution in [0.25, 0.3) is 0 Å². The molecule has 22 heavy (non-hydrogen) atoms. The van der Waals surface area contributed by atoms with E-state index in [0.717, 1.165) is 0 Å². The minimum Gasteiger partial charge on any atom is -0.822 e. The molecule has 6 heteroatoms. The topological polar surface area (TPSA) is 86.2 Å². The first-order valence-corrected chi connectivity index (χ1v) is 12.8. The van der Waals surface area contributed by atoms with E-state index in [9.17, 15) is 0 Å². The maximum Gasteiger partial charge on any atom is 1.00 e. The van der Waals surface area contributed by atoms with Gasteiger partial charge in [0.2, 0.25) is 0 Å². The second-order valence-electron chi connectivity index (χ2n) is 6.10. The molecule has 0 aromatic heterocycles. The molecule has 0 aromatic carbocycles. The van der Waals surface area contributed by atoms with Crippen molar-refractivity contribution in [2.75, 3.05) is 24.6 Å². The van der Waals surface area contributed by atoms with Crippen molar-refractivity contribution < 1.29 is 22.1 Å². The molecule has 0 amide bonds. The molecule has 0 saturated carbocycles. The molecule has 0 rings (SSSR count). The van der Waals surface area contributed by atoms with E-state index >= 15 is 0 Å². The third kappa shape index (κ3) is 18.6. The Kier molecular flexibility index (Phi) is 17.0. The Balaban J connectivity index is -0.000000250. The Labute approximate surface area is 141 Å². The van der Waals surface area contributed by atoms with Crippen molar-refractivity contribution in [2.45, 2.75) is 79.1 Å². The monoisotopic (exact) mass is 356 g/mol. The lowest BCUT2D eigenvalue weighted by Gasteiger charge is -2.36. The van der Waals surface area contributed by atoms with Crippen LogP contribution in [0, 0.1) is 0 Å². The molecule has 0 unspecified atom stereocenters. The molecular formula is C16H38O4P2. The lowest BCUT2D eigenvalue weighted by molar-refractivity contribution is -0.432. The van der Waals surface area contributed by atoms with E-state index in [4.69, 9.17) is 19.2 Å². The molecule has 0 aliphatic rings. The highest BCUT2D eigenvalue weighted by molar-refractivity contribution is 7.75. The van der Waals surface area contributed by atoms with Crippen molar-refractivity contribution >= 4 is 15.1 Å². The predicted molar refractivity (Wildman–Crippen MR) is 95.9 cm³/mol. The molecule has 0 saturated heterocycles. The average Bonchev–Trinajstić information content (AvgIpc) is 2.44. The summed E-state index contributed by atoms with van der Waals surface area (Å²) in [4.78, 5) is 25.6. The smallest absolute Gasteiger partial charge is 0.822 e. The molecule has 0 atom stereocenters. The summed E-state index contributed by atoms with van der Waals surface area (Å²) in [7, 11) is -5.95. The molecule has 0 radical (unpaired) electrons. The van der Waals surface area contributed by atoms with Gasteiger partial charge >= 0.3 is 2.85 Å². The van der Waals surface area contributed by atoms with Crippen LogP contribution >= 0.6 is 15.1 Å². The van der Waals surface area contributed by atoms with E-state index in [1.165, 1.54) is 51.4 Å². The van der Waals surface area contributed by atoms with Crippen LogP contribution in [0.1, 0.15) is 81.9 Å². The zero-order valence-corrected chi connectivity index (χ0v) is 16.8. The third-order valence-corrected chi connectivity index (χ3v) is 9.00. The maximum absolute atomic E-state index is 8.55. The van der Waals surface area contributed by atoms with Gasteiger partial charge in [-0.3, -0.25) is 0 Å². The van der Waals surface area contributed by atoms with E-state index in [0.29, 0.717) is 0 Å². The van der Waals surface area contributed by atoms with Gasteiger partial charge in [-0.05, 0) is 25.7 Å². The summed E-state index contributed by atoms with van der Waals surface area (Å²) in [5, 5.41) is 0. The van der Waals surface area contributed by atoms with E-state index in [1.807, 2.05) is 0 Å². The SMILES string of the molecule is CCCC[P+](CCCC)(CCCC)CCCC.O=P([O-])([O-])[O-].[H+].[H+]. The molecule has 0 fully saturated rings. The van der Waals surface area contributed by atoms with Crippen LogP contribution in [0.2, 0.25) is 0 Å². The Morgan fingerprint density at radius 2 is 0.864 bits per heavy atom. The second-order valence-corrected chi connectivity index (χ2v) is 11.5. The Hall–Kier alpha value is 0.540. The molecule has 0 aliphatic heterocycles. The molecule has 0 N–H and O–H groups in total. The molecule has 0 spiro atoms. The minimum atomic E-state index is -5.39. The van der Waals surface area contributed by atoms with Crippen LogP contribution in [0.5, 0.6) is 0 Å². The van der Waals surface area contributed by atoms with Crippen LogP contribution in [0.3, 0.4) is 0 Å². The van der Waals surface area contributed by atoms with Gasteiger partial charge in [-0.25, -0.2) is 0 Å². The standard InChI is InChI=1S/C16H36P.H3O4P/c1-5-9-13-17(14-10-6-2,15-11-7-3)16-12-8-4;1-5(2,3)4/h5-16H2,1-4H3;(H3,1,2,3,4)/q+1;/p-1. The molecule has 0 bridgehead atoms. The first kappa shape index (κ1) is 24.8. The predicted octanol–water partition coefficient (Wildman–Crippen LogP) is 3.60. The summed E-state index contributed by atoms with van der Waals surface area (Å²) in [6.07, 6.45) is 17.9. The zero-order chi connectivity index (χ0) is 17.5. The average molecular weight is 356 g/mol. The van der Waals surface area contributed by atoms with Crippen molar-refractivity contribution in [2.24, 2.45) is 0 Å². The van der Waals surface area contributed by atoms with Gasteiger partial charge in [0, 0.05) is 7.26 Å². The van der Waals surface area contributed by atoms with Crippen molar-refractivity contribution in [3.8, 4) is 0 Å². The first-order valence-electron chi connectivity index (χ1n) is 8.82. The zero-order valence-electron chi connectivity index (χ0n) is 17.0. The summed E-state index contributed by atoms with van der Waals surface area (Å²) in [6, 6.07) is 0. The van der Waals surface area contributed by atoms with E-state index in [1.54, 1.807) is 24.6 Å². The fraction of sp³-hybridized carbons (Fsp3) is 1.00. The summed E-state index contributed by atoms with van der Waals surface area (Å²) >= 11 is 0. The number of rotatable bonds is 12. The van der Waals surface area contributed by atoms with Crippen LogP contribution in [0.15, 0.2) is 0 Å². The molecular weight excluding hydrogens is 318 g/mol. The lowest BCUT2D eigenvalue weighted by atomic mass is 10.4. The largest absolute Gasteiger partial charge is 1.00 e. The number of hydrogen-bond donors (Lipinski definition) is 0. The van der Waals surface area contributed by atoms with Gasteiger partial charge in [0.25, 0.3) is 0 Å². The molecule has 0 aromatic rings. The van der Waals surface area contributed by atoms with Crippen molar-refractivity contribution in [3.63, 3.8) is 0 Å². The summed E-state index contributed by atoms with van der Waals surface area (Å²) < 4.78 is 8.55. The quantitative estimate of drug-likeness (QED) is 0.500. The minimum absolute atomic E-state index is 0. The van der Waals surface area contributed by atoms with E-state index in [2.05, 4.69) is 27.7 Å². The third-order valence-electron chi connectivity index (χ3n) is 3.94. The maximum atomic E-state index is 8.55. The normalized spacial score (nSPS) is 12.0. The van der Waals surface area contributed by atoms with Crippen LogP contribution in [0.4, 0.5) is 0 Å². The molecule has 4 nitrogen and oxygen atoms in total. The van der Waals surface area contributed by atoms with E-state index < -0.39 is 15.1 Å². The molecule has 0 aliphatic carbocycles. The van der Waals surface area contributed by atoms with Gasteiger partial charge < -0.3 is 19.2 Å². The number of unbranched alkanes of at least 4 members (excludes halogenated alkanes) is 4. The van der Waals surface area contributed by atoms with Crippen molar-refractivity contribution in [1.29, 1.82) is 0 Å². The summed E-state index contributed by atoms with van der Waals surface area (Å²) in [5.74, 6) is 0. The van der Waals surface area contributed by atoms with Gasteiger partial charge in [-0.15, -0.1) is 0 Å². The summed E-state index contributed by atoms with van der Waals surface area (Å²) in [6.45, 7) is 9.42. The lowest BCUT2D eigenvalue weighted by Crippen LogP contribution is -2.24. The fourth-order valence-electron chi connectivity index (χ4n) is 2.64. The number of hydrogen-bond acceptors (Lipinski definition) is 4. The van der Waals surface area contributed by atoms with Gasteiger partial charge in [0.1, 0.15) is 0 Å². The van der Waals surface area contributed by atoms with Crippen LogP contribution in [-0.2, 0) is 4.57 Å². The Morgan fingerprint density at radius 3 is 1.00 bits per heavy atom. The van der Waals surface area contributed by atoms with Gasteiger partial charge in [-0.2, -0.15) is 7.82 Å². The van der Waals surface area contributed by atoms with Crippen molar-refractivity contribution in [3.05, 3.63) is 0 Å². The van der Waals surface area contributed by atoms with Gasteiger partial charge in [0.05, 0.1) is 24.6 Å². The fourth-order valence-corrected chi connectivity index (χ4v) is 7.93. The van der Waals surface area contributed by atoms with Crippen LogP contribution in [-0.4, -0.2) is 24.6 Å². The van der Waals surface area contributed by atoms with E-state index in [-0.39, 0.29) is 2.85 Å².